The molecule has 1 amide bonds. The van der Waals surface area contributed by atoms with Crippen LogP contribution in [0, 0.1) is 0 Å². The van der Waals surface area contributed by atoms with E-state index in [1.54, 1.807) is 17.8 Å². The van der Waals surface area contributed by atoms with Crippen LogP contribution < -0.4 is 0 Å². The molecule has 7 heteroatoms. The van der Waals surface area contributed by atoms with Gasteiger partial charge < -0.3 is 14.6 Å². The van der Waals surface area contributed by atoms with Crippen LogP contribution >= 0.6 is 11.8 Å². The molecule has 28 heavy (non-hydrogen) atoms. The molecule has 0 fully saturated rings. The Bertz CT molecular complexity index is 1050. The predicted molar refractivity (Wildman–Crippen MR) is 109 cm³/mol. The fourth-order valence-electron chi connectivity index (χ4n) is 3.87. The Morgan fingerprint density at radius 2 is 1.93 bits per heavy atom. The van der Waals surface area contributed by atoms with Crippen molar-refractivity contribution in [3.8, 4) is 0 Å². The lowest BCUT2D eigenvalue weighted by atomic mass is 9.92. The second-order valence-corrected chi connectivity index (χ2v) is 7.68. The Morgan fingerprint density at radius 3 is 2.71 bits per heavy atom. The number of imidazole rings is 1. The first-order valence-electron chi connectivity index (χ1n) is 9.13. The first kappa shape index (κ1) is 18.6. The molecule has 1 aromatic heterocycles. The quantitative estimate of drug-likeness (QED) is 0.718. The summed E-state index contributed by atoms with van der Waals surface area (Å²) in [6.45, 7) is 0.486. The predicted octanol–water partition coefficient (Wildman–Crippen LogP) is 3.11. The number of benzene rings is 2. The Labute approximate surface area is 167 Å². The number of aliphatic carboxylic acids is 1. The number of carboxylic acids is 1. The van der Waals surface area contributed by atoms with Gasteiger partial charge >= 0.3 is 5.97 Å². The summed E-state index contributed by atoms with van der Waals surface area (Å²) in [6, 6.07) is 14.2. The van der Waals surface area contributed by atoms with Crippen LogP contribution in [0.5, 0.6) is 0 Å². The van der Waals surface area contributed by atoms with Crippen LogP contribution in [0.2, 0.25) is 0 Å². The van der Waals surface area contributed by atoms with Gasteiger partial charge in [0.2, 0.25) is 5.91 Å². The van der Waals surface area contributed by atoms with Crippen molar-refractivity contribution in [2.24, 2.45) is 0 Å². The molecule has 0 radical (unpaired) electrons. The van der Waals surface area contributed by atoms with Gasteiger partial charge in [0, 0.05) is 6.54 Å². The fourth-order valence-corrected chi connectivity index (χ4v) is 4.35. The highest BCUT2D eigenvalue weighted by Crippen LogP contribution is 2.30. The van der Waals surface area contributed by atoms with E-state index < -0.39 is 12.0 Å². The Kier molecular flexibility index (Phi) is 5.09. The van der Waals surface area contributed by atoms with E-state index in [1.807, 2.05) is 53.3 Å². The van der Waals surface area contributed by atoms with E-state index >= 15 is 0 Å². The van der Waals surface area contributed by atoms with Crippen molar-refractivity contribution in [1.29, 1.82) is 0 Å². The van der Waals surface area contributed by atoms with E-state index in [0.717, 1.165) is 22.4 Å². The minimum atomic E-state index is -1.000. The number of carbonyl (C=O) groups is 2. The largest absolute Gasteiger partial charge is 0.479 e. The summed E-state index contributed by atoms with van der Waals surface area (Å²) in [6.07, 6.45) is 2.65. The summed E-state index contributed by atoms with van der Waals surface area (Å²) >= 11 is 1.64. The van der Waals surface area contributed by atoms with Gasteiger partial charge in [0.15, 0.2) is 6.04 Å². The number of carboxylic acid groups (broad SMARTS) is 1. The van der Waals surface area contributed by atoms with E-state index in [9.17, 15) is 14.7 Å². The van der Waals surface area contributed by atoms with Gasteiger partial charge in [-0.05, 0) is 35.9 Å². The standard InChI is InChI=1S/C21H21N3O3S/c1-28-13-18-22-16-8-4-5-9-17(16)24(18)12-19(25)23-11-10-14-6-2-3-7-15(14)20(23)21(26)27/h2-9,20H,10-13H2,1H3,(H,26,27). The van der Waals surface area contributed by atoms with Gasteiger partial charge in [-0.15, -0.1) is 0 Å². The highest BCUT2D eigenvalue weighted by molar-refractivity contribution is 7.97. The number of aromatic nitrogens is 2. The summed E-state index contributed by atoms with van der Waals surface area (Å²) in [5, 5.41) is 9.82. The van der Waals surface area contributed by atoms with Crippen molar-refractivity contribution >= 4 is 34.7 Å². The number of carbonyl (C=O) groups excluding carboxylic acids is 1. The normalized spacial score (nSPS) is 16.2. The average Bonchev–Trinajstić information content (AvgIpc) is 3.04. The molecule has 0 aliphatic carbocycles. The van der Waals surface area contributed by atoms with Crippen molar-refractivity contribution in [3.63, 3.8) is 0 Å². The van der Waals surface area contributed by atoms with E-state index in [-0.39, 0.29) is 12.5 Å². The van der Waals surface area contributed by atoms with Gasteiger partial charge in [-0.1, -0.05) is 36.4 Å². The van der Waals surface area contributed by atoms with E-state index in [2.05, 4.69) is 4.98 Å². The number of nitrogens with zero attached hydrogens (tertiary/aromatic N) is 3. The Morgan fingerprint density at radius 1 is 1.18 bits per heavy atom. The molecule has 4 rings (SSSR count). The molecular formula is C21H21N3O3S. The molecule has 1 unspecified atom stereocenters. The van der Waals surface area contributed by atoms with Crippen LogP contribution in [0.1, 0.15) is 23.0 Å². The average molecular weight is 395 g/mol. The van der Waals surface area contributed by atoms with Gasteiger partial charge in [0.1, 0.15) is 12.4 Å². The highest BCUT2D eigenvalue weighted by atomic mass is 32.2. The molecule has 1 N–H and O–H groups in total. The van der Waals surface area contributed by atoms with Crippen LogP contribution in [0.15, 0.2) is 48.5 Å². The zero-order chi connectivity index (χ0) is 19.7. The summed E-state index contributed by atoms with van der Waals surface area (Å²) < 4.78 is 1.91. The molecule has 3 aromatic rings. The molecule has 0 bridgehead atoms. The Balaban J connectivity index is 1.68. The zero-order valence-corrected chi connectivity index (χ0v) is 16.4. The molecule has 2 heterocycles. The maximum atomic E-state index is 13.2. The second-order valence-electron chi connectivity index (χ2n) is 6.81. The molecule has 1 aliphatic heterocycles. The minimum absolute atomic E-state index is 0.0857. The van der Waals surface area contributed by atoms with Gasteiger partial charge in [-0.3, -0.25) is 4.79 Å². The van der Waals surface area contributed by atoms with Crippen LogP contribution in [0.3, 0.4) is 0 Å². The third-order valence-corrected chi connectivity index (χ3v) is 5.68. The van der Waals surface area contributed by atoms with Crippen LogP contribution in [-0.4, -0.2) is 44.2 Å². The molecule has 1 aliphatic rings. The summed E-state index contributed by atoms with van der Waals surface area (Å²) in [4.78, 5) is 31.3. The second kappa shape index (κ2) is 7.67. The van der Waals surface area contributed by atoms with E-state index in [4.69, 9.17) is 0 Å². The molecule has 144 valence electrons. The maximum absolute atomic E-state index is 13.2. The Hall–Kier alpha value is -2.80. The summed E-state index contributed by atoms with van der Waals surface area (Å²) in [5.74, 6) is 0.312. The molecular weight excluding hydrogens is 374 g/mol. The number of hydrogen-bond donors (Lipinski definition) is 1. The molecule has 2 aromatic carbocycles. The number of rotatable bonds is 5. The molecule has 6 nitrogen and oxygen atoms in total. The van der Waals surface area contributed by atoms with Gasteiger partial charge in [0.25, 0.3) is 0 Å². The van der Waals surface area contributed by atoms with Gasteiger partial charge in [-0.2, -0.15) is 11.8 Å². The monoisotopic (exact) mass is 395 g/mol. The molecule has 1 atom stereocenters. The number of fused-ring (bicyclic) bond motifs is 2. The molecule has 0 saturated heterocycles. The van der Waals surface area contributed by atoms with Crippen molar-refractivity contribution in [2.75, 3.05) is 12.8 Å². The lowest BCUT2D eigenvalue weighted by molar-refractivity contribution is -0.151. The topological polar surface area (TPSA) is 75.4 Å². The van der Waals surface area contributed by atoms with Gasteiger partial charge in [0.05, 0.1) is 16.8 Å². The highest BCUT2D eigenvalue weighted by Gasteiger charge is 2.36. The third-order valence-electron chi connectivity index (χ3n) is 5.14. The molecule has 0 spiro atoms. The molecule has 0 saturated carbocycles. The summed E-state index contributed by atoms with van der Waals surface area (Å²) in [5.41, 5.74) is 3.44. The van der Waals surface area contributed by atoms with Crippen molar-refractivity contribution in [3.05, 3.63) is 65.5 Å². The van der Waals surface area contributed by atoms with Crippen LogP contribution in [-0.2, 0) is 28.3 Å². The van der Waals surface area contributed by atoms with Crippen molar-refractivity contribution < 1.29 is 14.7 Å². The fraction of sp³-hybridized carbons (Fsp3) is 0.286. The van der Waals surface area contributed by atoms with E-state index in [0.29, 0.717) is 24.3 Å². The number of para-hydroxylation sites is 2. The zero-order valence-electron chi connectivity index (χ0n) is 15.5. The first-order valence-corrected chi connectivity index (χ1v) is 10.5. The van der Waals surface area contributed by atoms with Crippen LogP contribution in [0.4, 0.5) is 0 Å². The van der Waals surface area contributed by atoms with Gasteiger partial charge in [-0.25, -0.2) is 9.78 Å². The maximum Gasteiger partial charge on any atom is 0.331 e. The van der Waals surface area contributed by atoms with Crippen molar-refractivity contribution in [2.45, 2.75) is 24.8 Å². The third kappa shape index (κ3) is 3.26. The number of amides is 1. The lowest BCUT2D eigenvalue weighted by Gasteiger charge is -2.35. The van der Waals surface area contributed by atoms with Crippen molar-refractivity contribution in [1.82, 2.24) is 14.5 Å². The lowest BCUT2D eigenvalue weighted by Crippen LogP contribution is -2.45. The summed E-state index contributed by atoms with van der Waals surface area (Å²) in [7, 11) is 0. The SMILES string of the molecule is CSCc1nc2ccccc2n1CC(=O)N1CCc2ccccc2C1C(=O)O. The smallest absolute Gasteiger partial charge is 0.331 e. The number of hydrogen-bond acceptors (Lipinski definition) is 4. The van der Waals surface area contributed by atoms with E-state index in [1.165, 1.54) is 4.90 Å². The first-order chi connectivity index (χ1) is 13.6. The number of thioether (sulfide) groups is 1. The van der Waals surface area contributed by atoms with Crippen LogP contribution in [0.25, 0.3) is 11.0 Å². The minimum Gasteiger partial charge on any atom is -0.479 e.